The van der Waals surface area contributed by atoms with Gasteiger partial charge >= 0.3 is 0 Å². The van der Waals surface area contributed by atoms with Gasteiger partial charge in [0.05, 0.1) is 12.2 Å². The minimum atomic E-state index is 0.279. The van der Waals surface area contributed by atoms with Gasteiger partial charge in [0.1, 0.15) is 0 Å². The highest BCUT2D eigenvalue weighted by atomic mass is 32.1. The van der Waals surface area contributed by atoms with E-state index in [2.05, 4.69) is 62.9 Å². The molecule has 2 aliphatic rings. The van der Waals surface area contributed by atoms with Crippen molar-refractivity contribution in [3.05, 3.63) is 46.5 Å². The summed E-state index contributed by atoms with van der Waals surface area (Å²) in [5.41, 5.74) is 3.67. The quantitative estimate of drug-likeness (QED) is 0.812. The average molecular weight is 385 g/mol. The number of carbonyl (C=O) groups is 1. The second kappa shape index (κ2) is 8.07. The molecule has 1 aromatic carbocycles. The van der Waals surface area contributed by atoms with Gasteiger partial charge < -0.3 is 4.90 Å². The Morgan fingerprint density at radius 2 is 1.96 bits per heavy atom. The van der Waals surface area contributed by atoms with Crippen molar-refractivity contribution in [2.75, 3.05) is 32.7 Å². The van der Waals surface area contributed by atoms with Crippen molar-refractivity contribution in [3.8, 4) is 0 Å². The molecule has 3 heterocycles. The summed E-state index contributed by atoms with van der Waals surface area (Å²) in [7, 11) is 0. The van der Waals surface area contributed by atoms with Gasteiger partial charge in [0, 0.05) is 43.4 Å². The van der Waals surface area contributed by atoms with Crippen LogP contribution in [-0.4, -0.2) is 58.0 Å². The maximum Gasteiger partial charge on any atom is 0.236 e. The summed E-state index contributed by atoms with van der Waals surface area (Å²) in [5, 5.41) is 6.41. The number of hydrogen-bond donors (Lipinski definition) is 0. The molecule has 1 aromatic heterocycles. The molecule has 6 heteroatoms. The van der Waals surface area contributed by atoms with Gasteiger partial charge in [0.15, 0.2) is 0 Å². The van der Waals surface area contributed by atoms with Crippen LogP contribution in [0.4, 0.5) is 0 Å². The van der Waals surface area contributed by atoms with Gasteiger partial charge in [-0.25, -0.2) is 0 Å². The van der Waals surface area contributed by atoms with Crippen molar-refractivity contribution in [1.29, 1.82) is 0 Å². The predicted molar refractivity (Wildman–Crippen MR) is 108 cm³/mol. The Hall–Kier alpha value is -1.79. The minimum absolute atomic E-state index is 0.279. The van der Waals surface area contributed by atoms with E-state index < -0.39 is 0 Å². The molecular weight excluding hydrogens is 356 g/mol. The fourth-order valence-electron chi connectivity index (χ4n) is 4.51. The molecule has 0 N–H and O–H groups in total. The van der Waals surface area contributed by atoms with Crippen LogP contribution < -0.4 is 0 Å². The molecule has 144 valence electrons. The van der Waals surface area contributed by atoms with Gasteiger partial charge in [0.2, 0.25) is 5.91 Å². The van der Waals surface area contributed by atoms with Crippen LogP contribution in [-0.2, 0) is 4.79 Å². The monoisotopic (exact) mass is 384 g/mol. The smallest absolute Gasteiger partial charge is 0.236 e. The standard InChI is InChI=1S/C21H28N4OS/c1-15-5-7-17(8-6-15)18-11-24(12-19(18)20-14-27-23-22-20)13-21(26)25-9-3-4-16(2)10-25/h5-8,14,16,18-19H,3-4,9-13H2,1-2H3/t16-,18+,19-/m1/s1. The number of aromatic nitrogens is 2. The molecule has 1 amide bonds. The molecule has 2 aliphatic heterocycles. The molecule has 0 bridgehead atoms. The Morgan fingerprint density at radius 1 is 1.19 bits per heavy atom. The summed E-state index contributed by atoms with van der Waals surface area (Å²) in [5.74, 6) is 1.57. The number of hydrogen-bond acceptors (Lipinski definition) is 5. The summed E-state index contributed by atoms with van der Waals surface area (Å²) in [6.45, 7) is 8.48. The lowest BCUT2D eigenvalue weighted by Crippen LogP contribution is -2.44. The summed E-state index contributed by atoms with van der Waals surface area (Å²) in [4.78, 5) is 17.2. The van der Waals surface area contributed by atoms with Crippen molar-refractivity contribution >= 4 is 17.4 Å². The van der Waals surface area contributed by atoms with E-state index in [0.717, 1.165) is 38.3 Å². The Kier molecular flexibility index (Phi) is 5.55. The summed E-state index contributed by atoms with van der Waals surface area (Å²) in [6.07, 6.45) is 2.37. The molecule has 3 atom stereocenters. The molecule has 0 unspecified atom stereocenters. The van der Waals surface area contributed by atoms with Crippen LogP contribution in [0.15, 0.2) is 29.6 Å². The Labute approximate surface area is 165 Å². The van der Waals surface area contributed by atoms with E-state index in [0.29, 0.717) is 24.3 Å². The van der Waals surface area contributed by atoms with Crippen molar-refractivity contribution in [1.82, 2.24) is 19.4 Å². The molecule has 0 saturated carbocycles. The summed E-state index contributed by atoms with van der Waals surface area (Å²) >= 11 is 1.41. The molecule has 2 aromatic rings. The fourth-order valence-corrected chi connectivity index (χ4v) is 5.02. The number of aryl methyl sites for hydroxylation is 1. The van der Waals surface area contributed by atoms with Gasteiger partial charge in [-0.15, -0.1) is 5.10 Å². The first-order valence-corrected chi connectivity index (χ1v) is 10.8. The number of benzene rings is 1. The van der Waals surface area contributed by atoms with Crippen molar-refractivity contribution in [3.63, 3.8) is 0 Å². The zero-order chi connectivity index (χ0) is 18.8. The predicted octanol–water partition coefficient (Wildman–Crippen LogP) is 3.29. The summed E-state index contributed by atoms with van der Waals surface area (Å²) in [6, 6.07) is 8.80. The van der Waals surface area contributed by atoms with Crippen molar-refractivity contribution < 1.29 is 4.79 Å². The van der Waals surface area contributed by atoms with Crippen LogP contribution in [0, 0.1) is 12.8 Å². The molecule has 2 saturated heterocycles. The van der Waals surface area contributed by atoms with Gasteiger partial charge in [-0.05, 0) is 42.8 Å². The van der Waals surface area contributed by atoms with Crippen LogP contribution in [0.25, 0.3) is 0 Å². The minimum Gasteiger partial charge on any atom is -0.341 e. The lowest BCUT2D eigenvalue weighted by molar-refractivity contribution is -0.133. The molecule has 0 spiro atoms. The molecular formula is C21H28N4OS. The van der Waals surface area contributed by atoms with Crippen molar-refractivity contribution in [2.45, 2.75) is 38.5 Å². The maximum absolute atomic E-state index is 12.8. The SMILES string of the molecule is Cc1ccc([C@@H]2CN(CC(=O)N3CCC[C@@H](C)C3)C[C@H]2c2csnn2)cc1. The highest BCUT2D eigenvalue weighted by Crippen LogP contribution is 2.39. The maximum atomic E-state index is 12.8. The van der Waals surface area contributed by atoms with E-state index in [4.69, 9.17) is 0 Å². The van der Waals surface area contributed by atoms with Gasteiger partial charge in [-0.1, -0.05) is 41.2 Å². The van der Waals surface area contributed by atoms with Crippen molar-refractivity contribution in [2.24, 2.45) is 5.92 Å². The van der Waals surface area contributed by atoms with E-state index in [9.17, 15) is 4.79 Å². The molecule has 4 rings (SSSR count). The van der Waals surface area contributed by atoms with Crippen LogP contribution in [0.1, 0.15) is 48.4 Å². The first-order valence-electron chi connectivity index (χ1n) is 9.94. The van der Waals surface area contributed by atoms with E-state index in [1.807, 2.05) is 0 Å². The Bertz CT molecular complexity index is 761. The van der Waals surface area contributed by atoms with Crippen LogP contribution in [0.2, 0.25) is 0 Å². The molecule has 0 radical (unpaired) electrons. The van der Waals surface area contributed by atoms with E-state index >= 15 is 0 Å². The van der Waals surface area contributed by atoms with E-state index in [1.54, 1.807) is 0 Å². The lowest BCUT2D eigenvalue weighted by Gasteiger charge is -2.32. The normalized spacial score (nSPS) is 26.4. The van der Waals surface area contributed by atoms with Crippen LogP contribution in [0.5, 0.6) is 0 Å². The number of carbonyl (C=O) groups excluding carboxylic acids is 1. The van der Waals surface area contributed by atoms with Crippen LogP contribution in [0.3, 0.4) is 0 Å². The first-order chi connectivity index (χ1) is 13.1. The highest BCUT2D eigenvalue weighted by molar-refractivity contribution is 7.03. The Balaban J connectivity index is 1.48. The number of likely N-dealkylation sites (tertiary alicyclic amines) is 2. The van der Waals surface area contributed by atoms with E-state index in [-0.39, 0.29) is 5.91 Å². The highest BCUT2D eigenvalue weighted by Gasteiger charge is 2.37. The number of amides is 1. The molecule has 2 fully saturated rings. The second-order valence-corrected chi connectivity index (χ2v) is 8.84. The van der Waals surface area contributed by atoms with Gasteiger partial charge in [-0.2, -0.15) is 0 Å². The fraction of sp³-hybridized carbons (Fsp3) is 0.571. The largest absolute Gasteiger partial charge is 0.341 e. The van der Waals surface area contributed by atoms with Gasteiger partial charge in [0.25, 0.3) is 0 Å². The zero-order valence-corrected chi connectivity index (χ0v) is 17.0. The molecule has 5 nitrogen and oxygen atoms in total. The third-order valence-corrected chi connectivity index (χ3v) is 6.55. The number of nitrogens with zero attached hydrogens (tertiary/aromatic N) is 4. The van der Waals surface area contributed by atoms with E-state index in [1.165, 1.54) is 29.1 Å². The topological polar surface area (TPSA) is 49.3 Å². The third-order valence-electron chi connectivity index (χ3n) is 6.03. The number of piperidine rings is 1. The second-order valence-electron chi connectivity index (χ2n) is 8.23. The molecule has 27 heavy (non-hydrogen) atoms. The zero-order valence-electron chi connectivity index (χ0n) is 16.2. The average Bonchev–Trinajstić information content (AvgIpc) is 3.32. The third kappa shape index (κ3) is 4.22. The van der Waals surface area contributed by atoms with Gasteiger partial charge in [-0.3, -0.25) is 9.69 Å². The lowest BCUT2D eigenvalue weighted by atomic mass is 9.87. The number of rotatable bonds is 4. The Morgan fingerprint density at radius 3 is 2.67 bits per heavy atom. The summed E-state index contributed by atoms with van der Waals surface area (Å²) < 4.78 is 4.07. The molecule has 0 aliphatic carbocycles. The van der Waals surface area contributed by atoms with Crippen LogP contribution >= 0.6 is 11.5 Å². The first kappa shape index (κ1) is 18.6.